The Bertz CT molecular complexity index is 453. The van der Waals surface area contributed by atoms with Crippen LogP contribution in [0.4, 0.5) is 4.79 Å². The molecule has 10 heteroatoms. The average molecular weight is 332 g/mol. The van der Waals surface area contributed by atoms with E-state index in [1.807, 2.05) is 0 Å². The van der Waals surface area contributed by atoms with Gasteiger partial charge >= 0.3 is 49.9 Å². The summed E-state index contributed by atoms with van der Waals surface area (Å²) in [6, 6.07) is 0. The van der Waals surface area contributed by atoms with Gasteiger partial charge in [0.05, 0.1) is 16.5 Å². The molecule has 110 valence electrons. The number of hydrogen-bond donors (Lipinski definition) is 3. The Balaban J connectivity index is 0.000000644. The van der Waals surface area contributed by atoms with Gasteiger partial charge in [-0.05, 0) is 20.6 Å². The topological polar surface area (TPSA) is 128 Å². The number of carbonyl (C=O) groups is 3. The molecule has 0 bridgehead atoms. The van der Waals surface area contributed by atoms with Crippen LogP contribution >= 0.6 is 11.8 Å². The van der Waals surface area contributed by atoms with E-state index in [2.05, 4.69) is 11.7 Å². The second-order valence-electron chi connectivity index (χ2n) is 4.47. The van der Waals surface area contributed by atoms with Gasteiger partial charge in [-0.2, -0.15) is 0 Å². The first kappa shape index (κ1) is 19.5. The van der Waals surface area contributed by atoms with Crippen molar-refractivity contribution in [2.45, 2.75) is 36.1 Å². The number of fused-ring (bicyclic) bond motifs is 1. The van der Waals surface area contributed by atoms with Gasteiger partial charge in [-0.3, -0.25) is 14.7 Å². The molecule has 3 N–H and O–H groups in total. The molecule has 1 amide bonds. The first-order chi connectivity index (χ1) is 8.60. The van der Waals surface area contributed by atoms with Gasteiger partial charge in [0.2, 0.25) is 11.6 Å². The number of rotatable bonds is 2. The Morgan fingerprint density at radius 1 is 1.40 bits per heavy atom. The van der Waals surface area contributed by atoms with Crippen molar-refractivity contribution in [3.8, 4) is 0 Å². The molecule has 0 aliphatic carbocycles. The van der Waals surface area contributed by atoms with Gasteiger partial charge in [-0.15, -0.1) is 11.8 Å². The van der Waals surface area contributed by atoms with E-state index in [0.29, 0.717) is 6.42 Å². The number of β-lactam (4-membered cyclic amide) rings is 1. The molecule has 2 heterocycles. The number of hydrogen-bond acceptors (Lipinski definition) is 5. The third kappa shape index (κ3) is 2.90. The van der Waals surface area contributed by atoms with Crippen molar-refractivity contribution < 1.29 is 29.7 Å². The molecular formula is C10H16CaN2O6S. The summed E-state index contributed by atoms with van der Waals surface area (Å²) < 4.78 is -0.641. The second-order valence-corrected chi connectivity index (χ2v) is 6.27. The molecule has 2 aliphatic rings. The third-order valence-electron chi connectivity index (χ3n) is 3.05. The van der Waals surface area contributed by atoms with Gasteiger partial charge < -0.3 is 15.3 Å². The number of thioether (sulfide) groups is 1. The maximum absolute atomic E-state index is 11.4. The summed E-state index contributed by atoms with van der Waals surface area (Å²) in [6.45, 7) is 6.91. The van der Waals surface area contributed by atoms with Crippen molar-refractivity contribution in [1.82, 2.24) is 4.90 Å². The molecule has 0 aromatic carbocycles. The molecule has 2 atom stereocenters. The summed E-state index contributed by atoms with van der Waals surface area (Å²) in [4.78, 5) is 36.4. The third-order valence-corrected chi connectivity index (χ3v) is 4.58. The van der Waals surface area contributed by atoms with Crippen LogP contribution in [0.15, 0.2) is 4.99 Å². The summed E-state index contributed by atoms with van der Waals surface area (Å²) in [5, 5.41) is 23.2. The van der Waals surface area contributed by atoms with Crippen LogP contribution < -0.4 is 0 Å². The van der Waals surface area contributed by atoms with Crippen molar-refractivity contribution in [3.63, 3.8) is 0 Å². The summed E-state index contributed by atoms with van der Waals surface area (Å²) in [6.07, 6.45) is -1.43. The second kappa shape index (κ2) is 6.50. The maximum atomic E-state index is 11.4. The number of nitrogens with zero attached hydrogens (tertiary/aromatic N) is 2. The van der Waals surface area contributed by atoms with E-state index in [4.69, 9.17) is 15.0 Å². The van der Waals surface area contributed by atoms with E-state index in [1.54, 1.807) is 13.8 Å². The van der Waals surface area contributed by atoms with Crippen molar-refractivity contribution in [1.29, 1.82) is 0 Å². The molecule has 20 heavy (non-hydrogen) atoms. The van der Waals surface area contributed by atoms with Crippen LogP contribution in [0.3, 0.4) is 0 Å². The predicted octanol–water partition coefficient (Wildman–Crippen LogP) is -0.142. The molecular weight excluding hydrogens is 316 g/mol. The summed E-state index contributed by atoms with van der Waals surface area (Å²) >= 11 is 1.47. The molecule has 0 unspecified atom stereocenters. The summed E-state index contributed by atoms with van der Waals surface area (Å²) in [5.74, 6) is -1.27. The fourth-order valence-electron chi connectivity index (χ4n) is 2.28. The van der Waals surface area contributed by atoms with Crippen LogP contribution in [-0.2, 0) is 9.59 Å². The molecule has 0 saturated carbocycles. The monoisotopic (exact) mass is 332 g/mol. The number of amides is 1. The van der Waals surface area contributed by atoms with Crippen molar-refractivity contribution >= 4 is 74.2 Å². The Morgan fingerprint density at radius 2 is 1.85 bits per heavy atom. The SMILES string of the molecule is C=N[C@@]1(C(=O)O)N2C(=O)C[C@H]2SC1(C)C.O=C(O)O.[CaH2]. The fourth-order valence-corrected chi connectivity index (χ4v) is 3.97. The summed E-state index contributed by atoms with van der Waals surface area (Å²) in [5.41, 5.74) is -1.50. The predicted molar refractivity (Wildman–Crippen MR) is 76.0 cm³/mol. The number of carboxylic acid groups (broad SMARTS) is 3. The number of carboxylic acids is 1. The number of carbonyl (C=O) groups excluding carboxylic acids is 1. The minimum atomic E-state index is -1.83. The number of aliphatic carboxylic acids is 1. The molecule has 0 radical (unpaired) electrons. The minimum absolute atomic E-state index is 0. The first-order valence-electron chi connectivity index (χ1n) is 5.23. The Hall–Kier alpha value is -0.510. The van der Waals surface area contributed by atoms with Crippen molar-refractivity contribution in [2.75, 3.05) is 0 Å². The molecule has 2 saturated heterocycles. The molecule has 0 spiro atoms. The molecule has 2 aliphatic heterocycles. The van der Waals surface area contributed by atoms with Crippen LogP contribution in [0.25, 0.3) is 0 Å². The zero-order valence-corrected chi connectivity index (χ0v) is 11.2. The van der Waals surface area contributed by atoms with E-state index in [1.165, 1.54) is 16.7 Å². The first-order valence-corrected chi connectivity index (χ1v) is 6.11. The standard InChI is InChI=1S/C9H12N2O3S.CH2O3.Ca.2H/c1-8(2)9(10-3,7(13)14)11-5(12)4-6(11)15-8;2-1(3)4;;;/h6H,3-4H2,1-2H3,(H,13,14);(H2,2,3,4);;;/t6-,9+;;;;/m1..../s1. The van der Waals surface area contributed by atoms with Gasteiger partial charge in [0, 0.05) is 0 Å². The van der Waals surface area contributed by atoms with E-state index >= 15 is 0 Å². The molecule has 2 rings (SSSR count). The van der Waals surface area contributed by atoms with Crippen LogP contribution in [0.5, 0.6) is 0 Å². The Kier molecular flexibility index (Phi) is 6.34. The van der Waals surface area contributed by atoms with E-state index in [0.717, 1.165) is 0 Å². The summed E-state index contributed by atoms with van der Waals surface area (Å²) in [7, 11) is 0. The fraction of sp³-hybridized carbons (Fsp3) is 0.600. The Morgan fingerprint density at radius 3 is 2.10 bits per heavy atom. The zero-order chi connectivity index (χ0) is 15.0. The van der Waals surface area contributed by atoms with E-state index in [9.17, 15) is 14.7 Å². The van der Waals surface area contributed by atoms with Gasteiger partial charge in [-0.25, -0.2) is 9.59 Å². The molecule has 8 nitrogen and oxygen atoms in total. The average Bonchev–Trinajstić information content (AvgIpc) is 2.41. The van der Waals surface area contributed by atoms with Gasteiger partial charge in [0.25, 0.3) is 0 Å². The van der Waals surface area contributed by atoms with Crippen molar-refractivity contribution in [2.24, 2.45) is 4.99 Å². The van der Waals surface area contributed by atoms with E-state index in [-0.39, 0.29) is 49.0 Å². The molecule has 2 fully saturated rings. The van der Waals surface area contributed by atoms with Crippen LogP contribution in [0.2, 0.25) is 0 Å². The van der Waals surface area contributed by atoms with Crippen LogP contribution in [0.1, 0.15) is 20.3 Å². The zero-order valence-electron chi connectivity index (χ0n) is 10.4. The van der Waals surface area contributed by atoms with Gasteiger partial charge in [0.1, 0.15) is 0 Å². The van der Waals surface area contributed by atoms with Crippen LogP contribution in [0, 0.1) is 0 Å². The van der Waals surface area contributed by atoms with Crippen LogP contribution in [-0.4, -0.2) is 98.5 Å². The molecule has 0 aromatic heterocycles. The quantitative estimate of drug-likeness (QED) is 0.365. The normalized spacial score (nSPS) is 29.0. The van der Waals surface area contributed by atoms with Gasteiger partial charge in [0.15, 0.2) is 0 Å². The Labute approximate surface area is 149 Å². The van der Waals surface area contributed by atoms with Gasteiger partial charge in [-0.1, -0.05) is 0 Å². The number of aliphatic imine (C=N–C) groups is 1. The molecule has 0 aromatic rings. The van der Waals surface area contributed by atoms with E-state index < -0.39 is 22.5 Å². The van der Waals surface area contributed by atoms with Crippen molar-refractivity contribution in [3.05, 3.63) is 0 Å².